The molecule has 2 rings (SSSR count). The van der Waals surface area contributed by atoms with Crippen LogP contribution in [-0.4, -0.2) is 28.3 Å². The number of thioether (sulfide) groups is 1. The van der Waals surface area contributed by atoms with Crippen LogP contribution in [0.15, 0.2) is 23.6 Å². The van der Waals surface area contributed by atoms with Gasteiger partial charge in [-0.3, -0.25) is 0 Å². The fraction of sp³-hybridized carbons (Fsp3) is 0.600. The summed E-state index contributed by atoms with van der Waals surface area (Å²) in [5.41, 5.74) is 0. The average molecular weight is 209 g/mol. The number of hydrogen-bond acceptors (Lipinski definition) is 4. The molecule has 1 aromatic rings. The van der Waals surface area contributed by atoms with Gasteiger partial charge in [-0.15, -0.1) is 11.8 Å². The lowest BCUT2D eigenvalue weighted by atomic mass is 10.2. The van der Waals surface area contributed by atoms with E-state index in [0.717, 1.165) is 11.6 Å². The van der Waals surface area contributed by atoms with Crippen molar-refractivity contribution in [2.24, 2.45) is 0 Å². The Kier molecular flexibility index (Phi) is 3.77. The van der Waals surface area contributed by atoms with E-state index < -0.39 is 0 Å². The highest BCUT2D eigenvalue weighted by Crippen LogP contribution is 2.24. The minimum atomic E-state index is 0.674. The van der Waals surface area contributed by atoms with Crippen LogP contribution < -0.4 is 5.32 Å². The molecule has 1 aliphatic rings. The lowest BCUT2D eigenvalue weighted by Crippen LogP contribution is -2.22. The van der Waals surface area contributed by atoms with Crippen LogP contribution in [0.2, 0.25) is 0 Å². The standard InChI is InChI=1S/C10H15N3S/c1-2-5-11-7-9(3-1)14-10-4-6-12-8-13-10/h4,6,8-9,11H,1-3,5,7H2. The summed E-state index contributed by atoms with van der Waals surface area (Å²) in [5.74, 6) is 0. The summed E-state index contributed by atoms with van der Waals surface area (Å²) >= 11 is 1.86. The van der Waals surface area contributed by atoms with Gasteiger partial charge in [-0.2, -0.15) is 0 Å². The predicted molar refractivity (Wildman–Crippen MR) is 58.4 cm³/mol. The zero-order valence-electron chi connectivity index (χ0n) is 8.15. The van der Waals surface area contributed by atoms with Crippen molar-refractivity contribution in [1.82, 2.24) is 15.3 Å². The van der Waals surface area contributed by atoms with Crippen LogP contribution in [0.3, 0.4) is 0 Å². The van der Waals surface area contributed by atoms with E-state index in [-0.39, 0.29) is 0 Å². The first-order chi connectivity index (χ1) is 6.95. The third kappa shape index (κ3) is 2.96. The van der Waals surface area contributed by atoms with Crippen molar-refractivity contribution in [1.29, 1.82) is 0 Å². The molecule has 1 aliphatic heterocycles. The molecule has 0 amide bonds. The molecule has 0 saturated carbocycles. The molecule has 1 unspecified atom stereocenters. The summed E-state index contributed by atoms with van der Waals surface area (Å²) < 4.78 is 0. The molecule has 3 nitrogen and oxygen atoms in total. The Morgan fingerprint density at radius 3 is 3.29 bits per heavy atom. The molecule has 4 heteroatoms. The zero-order valence-corrected chi connectivity index (χ0v) is 8.96. The second kappa shape index (κ2) is 5.32. The fourth-order valence-electron chi connectivity index (χ4n) is 1.61. The van der Waals surface area contributed by atoms with E-state index in [1.807, 2.05) is 17.8 Å². The van der Waals surface area contributed by atoms with E-state index in [9.17, 15) is 0 Å². The van der Waals surface area contributed by atoms with Crippen LogP contribution in [0.4, 0.5) is 0 Å². The van der Waals surface area contributed by atoms with E-state index in [1.54, 1.807) is 12.5 Å². The summed E-state index contributed by atoms with van der Waals surface area (Å²) in [6.45, 7) is 2.27. The summed E-state index contributed by atoms with van der Waals surface area (Å²) in [7, 11) is 0. The Morgan fingerprint density at radius 1 is 1.43 bits per heavy atom. The van der Waals surface area contributed by atoms with Crippen molar-refractivity contribution >= 4 is 11.8 Å². The molecule has 1 N–H and O–H groups in total. The fourth-order valence-corrected chi connectivity index (χ4v) is 2.68. The van der Waals surface area contributed by atoms with E-state index in [1.165, 1.54) is 25.8 Å². The third-order valence-corrected chi connectivity index (χ3v) is 3.56. The van der Waals surface area contributed by atoms with Crippen molar-refractivity contribution in [3.8, 4) is 0 Å². The summed E-state index contributed by atoms with van der Waals surface area (Å²) in [4.78, 5) is 8.14. The topological polar surface area (TPSA) is 37.8 Å². The molecule has 0 aliphatic carbocycles. The first-order valence-electron chi connectivity index (χ1n) is 5.08. The molecule has 0 spiro atoms. The highest BCUT2D eigenvalue weighted by molar-refractivity contribution is 7.99. The molecular formula is C10H15N3S. The second-order valence-electron chi connectivity index (χ2n) is 3.49. The van der Waals surface area contributed by atoms with Crippen molar-refractivity contribution in [2.75, 3.05) is 13.1 Å². The number of hydrogen-bond donors (Lipinski definition) is 1. The van der Waals surface area contributed by atoms with Crippen LogP contribution in [-0.2, 0) is 0 Å². The van der Waals surface area contributed by atoms with E-state index in [0.29, 0.717) is 5.25 Å². The zero-order chi connectivity index (χ0) is 9.64. The Balaban J connectivity index is 1.90. The first kappa shape index (κ1) is 9.93. The van der Waals surface area contributed by atoms with Crippen LogP contribution in [0.25, 0.3) is 0 Å². The van der Waals surface area contributed by atoms with Gasteiger partial charge in [0.2, 0.25) is 0 Å². The largest absolute Gasteiger partial charge is 0.316 e. The van der Waals surface area contributed by atoms with Crippen LogP contribution in [0.5, 0.6) is 0 Å². The molecule has 0 bridgehead atoms. The van der Waals surface area contributed by atoms with Gasteiger partial charge < -0.3 is 5.32 Å². The number of nitrogens with one attached hydrogen (secondary N) is 1. The van der Waals surface area contributed by atoms with Gasteiger partial charge in [-0.25, -0.2) is 9.97 Å². The van der Waals surface area contributed by atoms with Gasteiger partial charge in [0.15, 0.2) is 0 Å². The van der Waals surface area contributed by atoms with Gasteiger partial charge in [0.05, 0.1) is 5.03 Å². The van der Waals surface area contributed by atoms with Crippen LogP contribution >= 0.6 is 11.8 Å². The Labute approximate surface area is 88.7 Å². The van der Waals surface area contributed by atoms with Gasteiger partial charge in [-0.1, -0.05) is 6.42 Å². The second-order valence-corrected chi connectivity index (χ2v) is 4.81. The lowest BCUT2D eigenvalue weighted by molar-refractivity contribution is 0.706. The molecule has 0 aromatic carbocycles. The van der Waals surface area contributed by atoms with Crippen LogP contribution in [0, 0.1) is 0 Å². The quantitative estimate of drug-likeness (QED) is 0.752. The van der Waals surface area contributed by atoms with Gasteiger partial charge in [0, 0.05) is 18.0 Å². The molecule has 1 aromatic heterocycles. The highest BCUT2D eigenvalue weighted by atomic mass is 32.2. The molecule has 1 atom stereocenters. The predicted octanol–water partition coefficient (Wildman–Crippen LogP) is 1.71. The van der Waals surface area contributed by atoms with E-state index in [4.69, 9.17) is 0 Å². The van der Waals surface area contributed by atoms with Crippen molar-refractivity contribution < 1.29 is 0 Å². The monoisotopic (exact) mass is 209 g/mol. The SMILES string of the molecule is c1cc(SC2CCCCNC2)ncn1. The molecular weight excluding hydrogens is 194 g/mol. The van der Waals surface area contributed by atoms with Crippen molar-refractivity contribution in [2.45, 2.75) is 29.5 Å². The summed E-state index contributed by atoms with van der Waals surface area (Å²) in [5, 5.41) is 5.22. The number of rotatable bonds is 2. The molecule has 0 radical (unpaired) electrons. The van der Waals surface area contributed by atoms with E-state index in [2.05, 4.69) is 15.3 Å². The Bertz CT molecular complexity index is 257. The summed E-state index contributed by atoms with van der Waals surface area (Å²) in [6, 6.07) is 1.98. The number of nitrogens with zero attached hydrogens (tertiary/aromatic N) is 2. The minimum Gasteiger partial charge on any atom is -0.316 e. The van der Waals surface area contributed by atoms with Crippen LogP contribution in [0.1, 0.15) is 19.3 Å². The van der Waals surface area contributed by atoms with Crippen molar-refractivity contribution in [3.63, 3.8) is 0 Å². The average Bonchev–Trinajstić information content (AvgIpc) is 2.48. The number of aromatic nitrogens is 2. The third-order valence-electron chi connectivity index (χ3n) is 2.34. The molecule has 76 valence electrons. The van der Waals surface area contributed by atoms with Gasteiger partial charge in [0.1, 0.15) is 6.33 Å². The minimum absolute atomic E-state index is 0.674. The first-order valence-corrected chi connectivity index (χ1v) is 5.96. The summed E-state index contributed by atoms with van der Waals surface area (Å²) in [6.07, 6.45) is 7.35. The van der Waals surface area contributed by atoms with Gasteiger partial charge in [-0.05, 0) is 25.5 Å². The van der Waals surface area contributed by atoms with E-state index >= 15 is 0 Å². The Hall–Kier alpha value is -0.610. The molecule has 2 heterocycles. The molecule has 1 fully saturated rings. The normalized spacial score (nSPS) is 23.0. The maximum Gasteiger partial charge on any atom is 0.116 e. The lowest BCUT2D eigenvalue weighted by Gasteiger charge is -2.12. The highest BCUT2D eigenvalue weighted by Gasteiger charge is 2.13. The molecule has 1 saturated heterocycles. The maximum absolute atomic E-state index is 4.23. The Morgan fingerprint density at radius 2 is 2.43 bits per heavy atom. The van der Waals surface area contributed by atoms with Gasteiger partial charge in [0.25, 0.3) is 0 Å². The maximum atomic E-state index is 4.23. The molecule has 14 heavy (non-hydrogen) atoms. The van der Waals surface area contributed by atoms with Gasteiger partial charge >= 0.3 is 0 Å². The van der Waals surface area contributed by atoms with Crippen molar-refractivity contribution in [3.05, 3.63) is 18.6 Å². The smallest absolute Gasteiger partial charge is 0.116 e.